The van der Waals surface area contributed by atoms with E-state index in [0.717, 1.165) is 22.4 Å². The van der Waals surface area contributed by atoms with E-state index in [-0.39, 0.29) is 18.3 Å². The summed E-state index contributed by atoms with van der Waals surface area (Å²) in [4.78, 5) is 26.7. The largest absolute Gasteiger partial charge is 0.426 e. The lowest BCUT2D eigenvalue weighted by Gasteiger charge is -2.18. The van der Waals surface area contributed by atoms with E-state index in [1.165, 1.54) is 0 Å². The Morgan fingerprint density at radius 3 is 2.25 bits per heavy atom. The molecule has 3 aromatic rings. The van der Waals surface area contributed by atoms with Gasteiger partial charge in [0.05, 0.1) is 5.92 Å². The van der Waals surface area contributed by atoms with Crippen LogP contribution in [0.2, 0.25) is 0 Å². The lowest BCUT2D eigenvalue weighted by Crippen LogP contribution is -2.27. The average Bonchev–Trinajstić information content (AvgIpc) is 3.11. The highest BCUT2D eigenvalue weighted by molar-refractivity contribution is 6.00. The molecule has 1 aliphatic rings. The van der Waals surface area contributed by atoms with Crippen LogP contribution in [0.5, 0.6) is 5.75 Å². The molecule has 28 heavy (non-hydrogen) atoms. The molecule has 1 aliphatic heterocycles. The first kappa shape index (κ1) is 18.0. The van der Waals surface area contributed by atoms with Gasteiger partial charge in [-0.1, -0.05) is 60.7 Å². The van der Waals surface area contributed by atoms with Gasteiger partial charge in [0.1, 0.15) is 5.75 Å². The SMILES string of the molecule is Cc1ccccc1N1C[C@H](C(=O)Oc2ccc(-c3ccccc3)cc2)CC1=O. The fraction of sp³-hybridized carbons (Fsp3) is 0.167. The molecule has 0 N–H and O–H groups in total. The van der Waals surface area contributed by atoms with Crippen LogP contribution in [0, 0.1) is 12.8 Å². The molecule has 0 spiro atoms. The van der Waals surface area contributed by atoms with Gasteiger partial charge in [0.25, 0.3) is 0 Å². The number of carbonyl (C=O) groups excluding carboxylic acids is 2. The molecule has 0 aromatic heterocycles. The molecular weight excluding hydrogens is 350 g/mol. The summed E-state index contributed by atoms with van der Waals surface area (Å²) in [5, 5.41) is 0. The zero-order valence-electron chi connectivity index (χ0n) is 15.7. The van der Waals surface area contributed by atoms with Crippen molar-refractivity contribution in [1.82, 2.24) is 0 Å². The second-order valence-electron chi connectivity index (χ2n) is 7.00. The highest BCUT2D eigenvalue weighted by Gasteiger charge is 2.36. The number of ether oxygens (including phenoxy) is 1. The summed E-state index contributed by atoms with van der Waals surface area (Å²) in [7, 11) is 0. The molecule has 0 radical (unpaired) electrons. The summed E-state index contributed by atoms with van der Waals surface area (Å²) in [5.41, 5.74) is 4.04. The Kier molecular flexibility index (Phi) is 4.94. The van der Waals surface area contributed by atoms with Crippen molar-refractivity contribution in [2.24, 2.45) is 5.92 Å². The van der Waals surface area contributed by atoms with Crippen molar-refractivity contribution in [2.75, 3.05) is 11.4 Å². The third-order valence-electron chi connectivity index (χ3n) is 5.04. The van der Waals surface area contributed by atoms with E-state index < -0.39 is 5.92 Å². The number of anilines is 1. The Bertz CT molecular complexity index is 996. The number of rotatable bonds is 4. The molecule has 0 unspecified atom stereocenters. The Balaban J connectivity index is 1.43. The summed E-state index contributed by atoms with van der Waals surface area (Å²) in [5.74, 6) is -0.375. The molecule has 3 aromatic carbocycles. The lowest BCUT2D eigenvalue weighted by molar-refractivity contribution is -0.139. The monoisotopic (exact) mass is 371 g/mol. The number of benzene rings is 3. The standard InChI is InChI=1S/C24H21NO3/c1-17-7-5-6-10-22(17)25-16-20(15-23(25)26)24(27)28-21-13-11-19(12-14-21)18-8-3-2-4-9-18/h2-14,20H,15-16H2,1H3/t20-/m1/s1. The maximum Gasteiger partial charge on any atom is 0.316 e. The number of amides is 1. The molecular formula is C24H21NO3. The van der Waals surface area contributed by atoms with E-state index >= 15 is 0 Å². The van der Waals surface area contributed by atoms with Crippen molar-refractivity contribution in [3.63, 3.8) is 0 Å². The quantitative estimate of drug-likeness (QED) is 0.497. The molecule has 4 nitrogen and oxygen atoms in total. The van der Waals surface area contributed by atoms with Gasteiger partial charge in [0.15, 0.2) is 0 Å². The molecule has 1 saturated heterocycles. The van der Waals surface area contributed by atoms with Gasteiger partial charge >= 0.3 is 5.97 Å². The maximum atomic E-state index is 12.6. The highest BCUT2D eigenvalue weighted by Crippen LogP contribution is 2.29. The first-order valence-electron chi connectivity index (χ1n) is 9.35. The van der Waals surface area contributed by atoms with Gasteiger partial charge in [-0.3, -0.25) is 9.59 Å². The van der Waals surface area contributed by atoms with Gasteiger partial charge in [-0.25, -0.2) is 0 Å². The zero-order valence-corrected chi connectivity index (χ0v) is 15.7. The number of esters is 1. The minimum Gasteiger partial charge on any atom is -0.426 e. The van der Waals surface area contributed by atoms with Gasteiger partial charge < -0.3 is 9.64 Å². The normalized spacial score (nSPS) is 16.2. The summed E-state index contributed by atoms with van der Waals surface area (Å²) < 4.78 is 5.53. The van der Waals surface area contributed by atoms with Crippen LogP contribution in [-0.2, 0) is 9.59 Å². The van der Waals surface area contributed by atoms with Crippen molar-refractivity contribution in [2.45, 2.75) is 13.3 Å². The molecule has 1 fully saturated rings. The topological polar surface area (TPSA) is 46.6 Å². The molecule has 4 heteroatoms. The number of para-hydroxylation sites is 1. The van der Waals surface area contributed by atoms with Crippen molar-refractivity contribution in [3.8, 4) is 16.9 Å². The first-order valence-corrected chi connectivity index (χ1v) is 9.35. The van der Waals surface area contributed by atoms with E-state index in [2.05, 4.69) is 0 Å². The molecule has 0 bridgehead atoms. The second-order valence-corrected chi connectivity index (χ2v) is 7.00. The molecule has 140 valence electrons. The number of hydrogen-bond acceptors (Lipinski definition) is 3. The van der Waals surface area contributed by atoms with Crippen LogP contribution in [0.3, 0.4) is 0 Å². The number of aryl methyl sites for hydroxylation is 1. The van der Waals surface area contributed by atoms with E-state index in [1.54, 1.807) is 17.0 Å². The third-order valence-corrected chi connectivity index (χ3v) is 5.04. The highest BCUT2D eigenvalue weighted by atomic mass is 16.5. The zero-order chi connectivity index (χ0) is 19.5. The van der Waals surface area contributed by atoms with Gasteiger partial charge in [-0.2, -0.15) is 0 Å². The number of nitrogens with zero attached hydrogens (tertiary/aromatic N) is 1. The minimum absolute atomic E-state index is 0.0457. The van der Waals surface area contributed by atoms with Crippen LogP contribution in [0.1, 0.15) is 12.0 Å². The van der Waals surface area contributed by atoms with Crippen LogP contribution in [0.15, 0.2) is 78.9 Å². The average molecular weight is 371 g/mol. The van der Waals surface area contributed by atoms with Crippen molar-refractivity contribution in [3.05, 3.63) is 84.4 Å². The molecule has 4 rings (SSSR count). The molecule has 0 aliphatic carbocycles. The second kappa shape index (κ2) is 7.69. The van der Waals surface area contributed by atoms with Crippen LogP contribution < -0.4 is 9.64 Å². The van der Waals surface area contributed by atoms with E-state index in [1.807, 2.05) is 73.7 Å². The predicted octanol–water partition coefficient (Wildman–Crippen LogP) is 4.62. The smallest absolute Gasteiger partial charge is 0.316 e. The predicted molar refractivity (Wildman–Crippen MR) is 109 cm³/mol. The third kappa shape index (κ3) is 3.67. The number of hydrogen-bond donors (Lipinski definition) is 0. The summed E-state index contributed by atoms with van der Waals surface area (Å²) in [6.45, 7) is 2.31. The Labute approximate surface area is 164 Å². The molecule has 0 saturated carbocycles. The summed E-state index contributed by atoms with van der Waals surface area (Å²) in [6, 6.07) is 25.1. The molecule has 1 atom stereocenters. The van der Waals surface area contributed by atoms with Gasteiger partial charge in [0.2, 0.25) is 5.91 Å². The van der Waals surface area contributed by atoms with Crippen molar-refractivity contribution < 1.29 is 14.3 Å². The Morgan fingerprint density at radius 2 is 1.54 bits per heavy atom. The van der Waals surface area contributed by atoms with Gasteiger partial charge in [-0.05, 0) is 41.8 Å². The maximum absolute atomic E-state index is 12.6. The van der Waals surface area contributed by atoms with Crippen LogP contribution in [0.4, 0.5) is 5.69 Å². The lowest BCUT2D eigenvalue weighted by atomic mass is 10.1. The Morgan fingerprint density at radius 1 is 0.893 bits per heavy atom. The van der Waals surface area contributed by atoms with E-state index in [9.17, 15) is 9.59 Å². The summed E-state index contributed by atoms with van der Waals surface area (Å²) >= 11 is 0. The molecule has 1 heterocycles. The summed E-state index contributed by atoms with van der Waals surface area (Å²) in [6.07, 6.45) is 0.176. The first-order chi connectivity index (χ1) is 13.6. The van der Waals surface area contributed by atoms with Gasteiger partial charge in [-0.15, -0.1) is 0 Å². The number of carbonyl (C=O) groups is 2. The van der Waals surface area contributed by atoms with Gasteiger partial charge in [0, 0.05) is 18.7 Å². The van der Waals surface area contributed by atoms with Crippen LogP contribution in [0.25, 0.3) is 11.1 Å². The fourth-order valence-corrected chi connectivity index (χ4v) is 3.51. The van der Waals surface area contributed by atoms with Crippen LogP contribution in [-0.4, -0.2) is 18.4 Å². The molecule has 1 amide bonds. The van der Waals surface area contributed by atoms with E-state index in [0.29, 0.717) is 12.3 Å². The fourth-order valence-electron chi connectivity index (χ4n) is 3.51. The van der Waals surface area contributed by atoms with Crippen molar-refractivity contribution >= 4 is 17.6 Å². The minimum atomic E-state index is -0.457. The van der Waals surface area contributed by atoms with E-state index in [4.69, 9.17) is 4.74 Å². The van der Waals surface area contributed by atoms with Crippen molar-refractivity contribution in [1.29, 1.82) is 0 Å². The van der Waals surface area contributed by atoms with Crippen LogP contribution >= 0.6 is 0 Å². The Hall–Kier alpha value is -3.40.